The van der Waals surface area contributed by atoms with Crippen LogP contribution in [0.5, 0.6) is 5.75 Å². The lowest BCUT2D eigenvalue weighted by Gasteiger charge is -2.46. The Kier molecular flexibility index (Phi) is 3.72. The zero-order valence-electron chi connectivity index (χ0n) is 12.4. The van der Waals surface area contributed by atoms with Crippen LogP contribution in [0.15, 0.2) is 18.2 Å². The van der Waals surface area contributed by atoms with Crippen molar-refractivity contribution in [2.75, 3.05) is 7.05 Å². The van der Waals surface area contributed by atoms with E-state index in [9.17, 15) is 4.39 Å². The van der Waals surface area contributed by atoms with E-state index in [4.69, 9.17) is 4.74 Å². The molecule has 3 heteroatoms. The van der Waals surface area contributed by atoms with Gasteiger partial charge in [0.1, 0.15) is 17.2 Å². The summed E-state index contributed by atoms with van der Waals surface area (Å²) in [7, 11) is 1.98. The summed E-state index contributed by atoms with van der Waals surface area (Å²) >= 11 is 0. The van der Waals surface area contributed by atoms with Gasteiger partial charge in [-0.3, -0.25) is 0 Å². The van der Waals surface area contributed by atoms with Crippen LogP contribution < -0.4 is 10.1 Å². The third-order valence-electron chi connectivity index (χ3n) is 5.20. The smallest absolute Gasteiger partial charge is 0.127 e. The number of rotatable bonds is 2. The number of halogens is 1. The van der Waals surface area contributed by atoms with Crippen LogP contribution in [-0.4, -0.2) is 12.6 Å². The summed E-state index contributed by atoms with van der Waals surface area (Å²) in [4.78, 5) is 0. The quantitative estimate of drug-likeness (QED) is 0.874. The molecular weight excluding hydrogens is 253 g/mol. The van der Waals surface area contributed by atoms with Crippen molar-refractivity contribution >= 4 is 0 Å². The zero-order chi connectivity index (χ0) is 14.2. The molecule has 1 aromatic rings. The predicted molar refractivity (Wildman–Crippen MR) is 78.4 cm³/mol. The lowest BCUT2D eigenvalue weighted by molar-refractivity contribution is -0.0145. The molecule has 20 heavy (non-hydrogen) atoms. The van der Waals surface area contributed by atoms with Gasteiger partial charge < -0.3 is 10.1 Å². The minimum Gasteiger partial charge on any atom is -0.487 e. The fourth-order valence-corrected chi connectivity index (χ4v) is 3.82. The van der Waals surface area contributed by atoms with Crippen LogP contribution in [0.1, 0.15) is 57.1 Å². The molecule has 1 aliphatic heterocycles. The van der Waals surface area contributed by atoms with E-state index in [1.807, 2.05) is 13.1 Å². The van der Waals surface area contributed by atoms with Gasteiger partial charge in [0.15, 0.2) is 0 Å². The Balaban J connectivity index is 1.86. The standard InChI is InChI=1S/C17H24FNO/c1-3-12-6-8-17(9-7-12)11-15(19-2)14-5-4-13(18)10-16(14)20-17/h4-5,10,12,15,19H,3,6-9,11H2,1-2H3. The van der Waals surface area contributed by atoms with Crippen molar-refractivity contribution in [3.63, 3.8) is 0 Å². The van der Waals surface area contributed by atoms with Gasteiger partial charge in [0.2, 0.25) is 0 Å². The first-order chi connectivity index (χ1) is 9.65. The van der Waals surface area contributed by atoms with Crippen LogP contribution in [0.2, 0.25) is 0 Å². The molecule has 1 spiro atoms. The van der Waals surface area contributed by atoms with E-state index in [-0.39, 0.29) is 17.5 Å². The Bertz CT molecular complexity index is 480. The Hall–Kier alpha value is -1.09. The van der Waals surface area contributed by atoms with Crippen LogP contribution in [0.4, 0.5) is 4.39 Å². The monoisotopic (exact) mass is 277 g/mol. The molecule has 1 heterocycles. The molecule has 1 atom stereocenters. The van der Waals surface area contributed by atoms with Crippen molar-refractivity contribution in [3.8, 4) is 5.75 Å². The molecule has 0 amide bonds. The molecule has 110 valence electrons. The molecule has 0 radical (unpaired) electrons. The largest absolute Gasteiger partial charge is 0.487 e. The number of nitrogens with one attached hydrogen (secondary N) is 1. The first-order valence-corrected chi connectivity index (χ1v) is 7.81. The van der Waals surface area contributed by atoms with Crippen molar-refractivity contribution in [2.45, 2.75) is 57.1 Å². The van der Waals surface area contributed by atoms with E-state index in [0.29, 0.717) is 0 Å². The third-order valence-corrected chi connectivity index (χ3v) is 5.20. The lowest BCUT2D eigenvalue weighted by Crippen LogP contribution is -2.46. The second-order valence-electron chi connectivity index (χ2n) is 6.36. The molecule has 0 saturated heterocycles. The summed E-state index contributed by atoms with van der Waals surface area (Å²) < 4.78 is 19.8. The van der Waals surface area contributed by atoms with E-state index in [0.717, 1.165) is 36.5 Å². The second kappa shape index (κ2) is 5.36. The van der Waals surface area contributed by atoms with Crippen LogP contribution in [-0.2, 0) is 0 Å². The van der Waals surface area contributed by atoms with Gasteiger partial charge in [0, 0.05) is 24.1 Å². The Morgan fingerprint density at radius 3 is 2.75 bits per heavy atom. The molecule has 1 fully saturated rings. The predicted octanol–water partition coefficient (Wildman–Crippen LogP) is 4.21. The highest BCUT2D eigenvalue weighted by atomic mass is 19.1. The molecule has 2 nitrogen and oxygen atoms in total. The van der Waals surface area contributed by atoms with Crippen molar-refractivity contribution in [1.29, 1.82) is 0 Å². The van der Waals surface area contributed by atoms with Crippen molar-refractivity contribution in [1.82, 2.24) is 5.32 Å². The lowest BCUT2D eigenvalue weighted by atomic mass is 9.73. The first kappa shape index (κ1) is 13.9. The van der Waals surface area contributed by atoms with Gasteiger partial charge in [-0.05, 0) is 44.7 Å². The average molecular weight is 277 g/mol. The van der Waals surface area contributed by atoms with Crippen LogP contribution in [0.25, 0.3) is 0 Å². The van der Waals surface area contributed by atoms with Crippen molar-refractivity contribution in [2.24, 2.45) is 5.92 Å². The number of fused-ring (bicyclic) bond motifs is 1. The minimum atomic E-state index is -0.210. The molecule has 0 aromatic heterocycles. The zero-order valence-corrected chi connectivity index (χ0v) is 12.4. The Morgan fingerprint density at radius 1 is 1.35 bits per heavy atom. The fourth-order valence-electron chi connectivity index (χ4n) is 3.82. The maximum absolute atomic E-state index is 13.5. The van der Waals surface area contributed by atoms with E-state index < -0.39 is 0 Å². The fraction of sp³-hybridized carbons (Fsp3) is 0.647. The average Bonchev–Trinajstić information content (AvgIpc) is 2.47. The minimum absolute atomic E-state index is 0.0832. The van der Waals surface area contributed by atoms with Crippen molar-refractivity contribution < 1.29 is 9.13 Å². The topological polar surface area (TPSA) is 21.3 Å². The van der Waals surface area contributed by atoms with Gasteiger partial charge in [0.05, 0.1) is 0 Å². The Labute approximate surface area is 120 Å². The number of benzene rings is 1. The van der Waals surface area contributed by atoms with E-state index in [1.54, 1.807) is 6.07 Å². The molecule has 1 aliphatic carbocycles. The van der Waals surface area contributed by atoms with Gasteiger partial charge in [-0.2, -0.15) is 0 Å². The summed E-state index contributed by atoms with van der Waals surface area (Å²) in [5.74, 6) is 1.37. The summed E-state index contributed by atoms with van der Waals surface area (Å²) in [6, 6.07) is 5.21. The van der Waals surface area contributed by atoms with E-state index >= 15 is 0 Å². The normalized spacial score (nSPS) is 32.8. The van der Waals surface area contributed by atoms with Crippen LogP contribution in [0.3, 0.4) is 0 Å². The van der Waals surface area contributed by atoms with Gasteiger partial charge in [-0.15, -0.1) is 0 Å². The van der Waals surface area contributed by atoms with Gasteiger partial charge in [-0.25, -0.2) is 4.39 Å². The molecule has 1 saturated carbocycles. The maximum Gasteiger partial charge on any atom is 0.127 e. The molecule has 1 aromatic carbocycles. The highest BCUT2D eigenvalue weighted by molar-refractivity contribution is 5.39. The highest BCUT2D eigenvalue weighted by Gasteiger charge is 2.42. The van der Waals surface area contributed by atoms with E-state index in [1.165, 1.54) is 25.3 Å². The third kappa shape index (κ3) is 2.44. The van der Waals surface area contributed by atoms with Crippen molar-refractivity contribution in [3.05, 3.63) is 29.6 Å². The Morgan fingerprint density at radius 2 is 2.10 bits per heavy atom. The molecule has 2 aliphatic rings. The molecule has 0 bridgehead atoms. The molecule has 3 rings (SSSR count). The highest BCUT2D eigenvalue weighted by Crippen LogP contribution is 2.47. The van der Waals surface area contributed by atoms with Gasteiger partial charge in [-0.1, -0.05) is 19.4 Å². The summed E-state index contributed by atoms with van der Waals surface area (Å²) in [5, 5.41) is 3.37. The maximum atomic E-state index is 13.5. The molecule has 1 N–H and O–H groups in total. The molecular formula is C17H24FNO. The summed E-state index contributed by atoms with van der Waals surface area (Å²) in [6.07, 6.45) is 6.92. The number of hydrogen-bond acceptors (Lipinski definition) is 2. The van der Waals surface area contributed by atoms with Crippen LogP contribution >= 0.6 is 0 Å². The van der Waals surface area contributed by atoms with E-state index in [2.05, 4.69) is 12.2 Å². The van der Waals surface area contributed by atoms with Crippen LogP contribution in [0, 0.1) is 11.7 Å². The number of ether oxygens (including phenoxy) is 1. The molecule has 1 unspecified atom stereocenters. The number of hydrogen-bond donors (Lipinski definition) is 1. The first-order valence-electron chi connectivity index (χ1n) is 7.81. The van der Waals surface area contributed by atoms with Gasteiger partial charge >= 0.3 is 0 Å². The second-order valence-corrected chi connectivity index (χ2v) is 6.36. The SMILES string of the molecule is CCC1CCC2(CC1)CC(NC)c1ccc(F)cc1O2. The summed E-state index contributed by atoms with van der Waals surface area (Å²) in [6.45, 7) is 2.27. The summed E-state index contributed by atoms with van der Waals surface area (Å²) in [5.41, 5.74) is 1.01. The van der Waals surface area contributed by atoms with Gasteiger partial charge in [0.25, 0.3) is 0 Å².